The fourth-order valence-electron chi connectivity index (χ4n) is 1.79. The molecule has 0 spiro atoms. The Morgan fingerprint density at radius 2 is 0.950 bits per heavy atom. The fourth-order valence-corrected chi connectivity index (χ4v) is 1.79. The molecule has 0 amide bonds. The Kier molecular flexibility index (Phi) is 23.2. The fraction of sp³-hybridized carbons (Fsp3) is 1.00. The Bertz CT molecular complexity index is 140. The monoisotopic (exact) mass is 297 g/mol. The van der Waals surface area contributed by atoms with Crippen molar-refractivity contribution in [2.75, 3.05) is 65.8 Å². The van der Waals surface area contributed by atoms with Gasteiger partial charge in [0.2, 0.25) is 0 Å². The average Bonchev–Trinajstić information content (AvgIpc) is 2.47. The summed E-state index contributed by atoms with van der Waals surface area (Å²) in [5, 5.41) is 16.5. The number of rotatable bonds is 11. The highest BCUT2D eigenvalue weighted by atomic mass is 16.5. The Morgan fingerprint density at radius 1 is 0.650 bits per heavy atom. The Morgan fingerprint density at radius 3 is 1.10 bits per heavy atom. The van der Waals surface area contributed by atoms with Crippen LogP contribution in [-0.2, 0) is 9.47 Å². The van der Waals surface area contributed by atoms with Crippen molar-refractivity contribution >= 4 is 0 Å². The van der Waals surface area contributed by atoms with E-state index in [0.29, 0.717) is 26.4 Å². The zero-order valence-electron chi connectivity index (χ0n) is 13.7. The van der Waals surface area contributed by atoms with Gasteiger partial charge in [-0.3, -0.25) is 0 Å². The zero-order chi connectivity index (χ0) is 15.0. The van der Waals surface area contributed by atoms with E-state index in [-0.39, 0.29) is 18.7 Å². The number of quaternary nitrogens is 1. The van der Waals surface area contributed by atoms with E-state index in [4.69, 9.17) is 19.7 Å². The predicted molar refractivity (Wildman–Crippen MR) is 80.2 cm³/mol. The minimum Gasteiger partial charge on any atom is -0.870 e. The first-order valence-electron chi connectivity index (χ1n) is 7.38. The van der Waals surface area contributed by atoms with Gasteiger partial charge >= 0.3 is 0 Å². The van der Waals surface area contributed by atoms with Crippen LogP contribution in [0, 0.1) is 0 Å². The van der Waals surface area contributed by atoms with Gasteiger partial charge in [0, 0.05) is 0 Å². The second-order valence-corrected chi connectivity index (χ2v) is 4.28. The van der Waals surface area contributed by atoms with Crippen molar-refractivity contribution < 1.29 is 29.6 Å². The van der Waals surface area contributed by atoms with Crippen LogP contribution in [0.5, 0.6) is 0 Å². The van der Waals surface area contributed by atoms with E-state index >= 15 is 0 Å². The number of aliphatic hydroxyl groups is 2. The molecule has 0 aromatic rings. The normalized spacial score (nSPS) is 10.5. The number of hydrogen-bond acceptors (Lipinski definition) is 5. The minimum atomic E-state index is 0. The van der Waals surface area contributed by atoms with Gasteiger partial charge in [0.1, 0.15) is 0 Å². The number of hydrogen-bond donors (Lipinski definition) is 2. The van der Waals surface area contributed by atoms with Gasteiger partial charge in [-0.1, -0.05) is 0 Å². The molecule has 0 aliphatic rings. The molecule has 0 bridgehead atoms. The maximum absolute atomic E-state index is 8.26. The van der Waals surface area contributed by atoms with Crippen LogP contribution < -0.4 is 0 Å². The van der Waals surface area contributed by atoms with Gasteiger partial charge in [-0.15, -0.1) is 0 Å². The summed E-state index contributed by atoms with van der Waals surface area (Å²) in [7, 11) is 0. The number of nitrogens with zero attached hydrogens (tertiary/aromatic N) is 1. The van der Waals surface area contributed by atoms with Crippen molar-refractivity contribution in [2.24, 2.45) is 0 Å². The molecule has 0 aliphatic carbocycles. The largest absolute Gasteiger partial charge is 0.870 e. The maximum atomic E-state index is 8.26. The van der Waals surface area contributed by atoms with E-state index in [1.54, 1.807) is 0 Å². The highest BCUT2D eigenvalue weighted by Gasteiger charge is 2.16. The van der Waals surface area contributed by atoms with Crippen molar-refractivity contribution in [1.82, 2.24) is 0 Å². The first kappa shape index (κ1) is 24.8. The second-order valence-electron chi connectivity index (χ2n) is 4.28. The van der Waals surface area contributed by atoms with E-state index in [9.17, 15) is 0 Å². The van der Waals surface area contributed by atoms with Crippen LogP contribution in [0.4, 0.5) is 0 Å². The van der Waals surface area contributed by atoms with Crippen molar-refractivity contribution in [3.63, 3.8) is 0 Å². The summed E-state index contributed by atoms with van der Waals surface area (Å²) in [5.74, 6) is 0. The van der Waals surface area contributed by atoms with E-state index in [2.05, 4.69) is 27.7 Å². The highest BCUT2D eigenvalue weighted by Crippen LogP contribution is 2.03. The molecule has 6 heteroatoms. The molecule has 0 aliphatic heterocycles. The van der Waals surface area contributed by atoms with Crippen LogP contribution in [0.1, 0.15) is 27.7 Å². The zero-order valence-corrected chi connectivity index (χ0v) is 13.7. The maximum Gasteiger partial charge on any atom is 0.0757 e. The Labute approximate surface area is 124 Å². The predicted octanol–water partition coefficient (Wildman–Crippen LogP) is 0.710. The summed E-state index contributed by atoms with van der Waals surface area (Å²) >= 11 is 0. The van der Waals surface area contributed by atoms with Crippen LogP contribution >= 0.6 is 0 Å². The van der Waals surface area contributed by atoms with E-state index in [1.807, 2.05) is 0 Å². The van der Waals surface area contributed by atoms with Crippen molar-refractivity contribution in [3.8, 4) is 0 Å². The highest BCUT2D eigenvalue weighted by molar-refractivity contribution is 4.31. The lowest BCUT2D eigenvalue weighted by atomic mass is 10.3. The van der Waals surface area contributed by atoms with Gasteiger partial charge in [0.25, 0.3) is 0 Å². The molecular formula is C14H35NO5. The lowest BCUT2D eigenvalue weighted by Crippen LogP contribution is -2.47. The molecule has 0 heterocycles. The molecule has 0 aromatic carbocycles. The van der Waals surface area contributed by atoms with E-state index < -0.39 is 0 Å². The third-order valence-corrected chi connectivity index (χ3v) is 3.53. The lowest BCUT2D eigenvalue weighted by Gasteiger charge is -2.34. The first-order chi connectivity index (χ1) is 9.16. The third kappa shape index (κ3) is 14.2. The molecule has 0 aromatic heterocycles. The van der Waals surface area contributed by atoms with Gasteiger partial charge in [-0.25, -0.2) is 0 Å². The molecule has 0 saturated heterocycles. The molecule has 20 heavy (non-hydrogen) atoms. The standard InChI is InChI=1S/C8H20N.C6H14O4.H2O/c1-5-9(6-2,7-3)8-4;7-1-3-9-5-6-10-4-2-8;/h5-8H2,1-4H3;7-8H,1-6H2;1H2/q+1;;/p-1. The minimum absolute atomic E-state index is 0. The second kappa shape index (κ2) is 18.8. The molecule has 0 radical (unpaired) electrons. The Hall–Kier alpha value is -0.240. The molecule has 0 atom stereocenters. The summed E-state index contributed by atoms with van der Waals surface area (Å²) in [4.78, 5) is 0. The molecule has 0 saturated carbocycles. The van der Waals surface area contributed by atoms with Crippen molar-refractivity contribution in [1.29, 1.82) is 0 Å². The lowest BCUT2D eigenvalue weighted by molar-refractivity contribution is -0.921. The quantitative estimate of drug-likeness (QED) is 0.433. The third-order valence-electron chi connectivity index (χ3n) is 3.53. The van der Waals surface area contributed by atoms with Crippen LogP contribution in [0.25, 0.3) is 0 Å². The van der Waals surface area contributed by atoms with E-state index in [1.165, 1.54) is 30.7 Å². The average molecular weight is 297 g/mol. The SMILES string of the molecule is CC[N+](CC)(CC)CC.OCCOCCOCCO.[OH-]. The van der Waals surface area contributed by atoms with Gasteiger partial charge in [-0.05, 0) is 27.7 Å². The molecule has 126 valence electrons. The van der Waals surface area contributed by atoms with Crippen molar-refractivity contribution in [2.45, 2.75) is 27.7 Å². The molecular weight excluding hydrogens is 262 g/mol. The number of aliphatic hydroxyl groups excluding tert-OH is 2. The molecule has 3 N–H and O–H groups in total. The van der Waals surface area contributed by atoms with E-state index in [0.717, 1.165) is 0 Å². The molecule has 0 rings (SSSR count). The van der Waals surface area contributed by atoms with Gasteiger partial charge in [0.05, 0.1) is 65.8 Å². The van der Waals surface area contributed by atoms with Gasteiger partial charge in [-0.2, -0.15) is 0 Å². The number of ether oxygens (including phenoxy) is 2. The summed E-state index contributed by atoms with van der Waals surface area (Å²) in [6, 6.07) is 0. The van der Waals surface area contributed by atoms with Crippen LogP contribution in [0.2, 0.25) is 0 Å². The summed E-state index contributed by atoms with van der Waals surface area (Å²) in [6.07, 6.45) is 0. The summed E-state index contributed by atoms with van der Waals surface area (Å²) in [6.45, 7) is 16.0. The summed E-state index contributed by atoms with van der Waals surface area (Å²) < 4.78 is 11.0. The van der Waals surface area contributed by atoms with Crippen molar-refractivity contribution in [3.05, 3.63) is 0 Å². The van der Waals surface area contributed by atoms with Crippen LogP contribution in [0.15, 0.2) is 0 Å². The Balaban J connectivity index is -0.000000277. The summed E-state index contributed by atoms with van der Waals surface area (Å²) in [5.41, 5.74) is 0. The topological polar surface area (TPSA) is 88.9 Å². The molecule has 0 fully saturated rings. The van der Waals surface area contributed by atoms with Gasteiger partial charge < -0.3 is 29.6 Å². The van der Waals surface area contributed by atoms with Crippen LogP contribution in [0.3, 0.4) is 0 Å². The van der Waals surface area contributed by atoms with Crippen LogP contribution in [-0.4, -0.2) is 86.0 Å². The molecule has 6 nitrogen and oxygen atoms in total. The smallest absolute Gasteiger partial charge is 0.0757 e. The molecule has 0 unspecified atom stereocenters. The van der Waals surface area contributed by atoms with Gasteiger partial charge in [0.15, 0.2) is 0 Å². The first-order valence-corrected chi connectivity index (χ1v) is 7.38.